The average Bonchev–Trinajstić information content (AvgIpc) is 2.38. The van der Waals surface area contributed by atoms with E-state index in [1.54, 1.807) is 6.92 Å². The lowest BCUT2D eigenvalue weighted by atomic mass is 10.2. The van der Waals surface area contributed by atoms with Gasteiger partial charge in [-0.15, -0.1) is 0 Å². The number of hydrogen-bond donors (Lipinski definition) is 1. The molecule has 0 unspecified atom stereocenters. The van der Waals surface area contributed by atoms with Crippen LogP contribution >= 0.6 is 0 Å². The number of carbonyl (C=O) groups is 2. The van der Waals surface area contributed by atoms with Crippen molar-refractivity contribution in [3.05, 3.63) is 29.6 Å². The molecule has 6 heteroatoms. The molecule has 1 aromatic carbocycles. The average molecular weight is 269 g/mol. The van der Waals surface area contributed by atoms with Crippen LogP contribution in [0.3, 0.4) is 0 Å². The third-order valence-electron chi connectivity index (χ3n) is 2.40. The highest BCUT2D eigenvalue weighted by Gasteiger charge is 2.20. The van der Waals surface area contributed by atoms with E-state index in [0.717, 1.165) is 6.07 Å². The summed E-state index contributed by atoms with van der Waals surface area (Å²) in [4.78, 5) is 23.1. The molecule has 1 aromatic rings. The van der Waals surface area contributed by atoms with Gasteiger partial charge in [-0.25, -0.2) is 9.18 Å². The lowest BCUT2D eigenvalue weighted by Gasteiger charge is -2.13. The monoisotopic (exact) mass is 269 g/mol. The second-order valence-electron chi connectivity index (χ2n) is 3.79. The highest BCUT2D eigenvalue weighted by atomic mass is 19.1. The minimum Gasteiger partial charge on any atom is -0.497 e. The Kier molecular flexibility index (Phi) is 5.29. The second kappa shape index (κ2) is 6.72. The van der Waals surface area contributed by atoms with E-state index >= 15 is 0 Å². The summed E-state index contributed by atoms with van der Waals surface area (Å²) in [5, 5.41) is 2.51. The second-order valence-corrected chi connectivity index (χ2v) is 3.79. The van der Waals surface area contributed by atoms with Gasteiger partial charge in [0.25, 0.3) is 5.91 Å². The Morgan fingerprint density at radius 1 is 1.42 bits per heavy atom. The number of ether oxygens (including phenoxy) is 2. The molecule has 0 aliphatic rings. The first-order chi connectivity index (χ1) is 8.99. The molecule has 104 valence electrons. The Labute approximate surface area is 110 Å². The third kappa shape index (κ3) is 3.94. The van der Waals surface area contributed by atoms with Crippen LogP contribution in [0.25, 0.3) is 0 Å². The molecule has 1 amide bonds. The molecule has 0 aromatic heterocycles. The van der Waals surface area contributed by atoms with Gasteiger partial charge in [-0.3, -0.25) is 4.79 Å². The van der Waals surface area contributed by atoms with Gasteiger partial charge in [0.2, 0.25) is 0 Å². The maximum Gasteiger partial charge on any atom is 0.341 e. The molecule has 0 bridgehead atoms. The molecule has 19 heavy (non-hydrogen) atoms. The first kappa shape index (κ1) is 14.9. The van der Waals surface area contributed by atoms with Crippen LogP contribution < -0.4 is 10.1 Å². The number of rotatable bonds is 5. The molecular weight excluding hydrogens is 253 g/mol. The fraction of sp³-hybridized carbons (Fsp3) is 0.385. The predicted molar refractivity (Wildman–Crippen MR) is 66.5 cm³/mol. The summed E-state index contributed by atoms with van der Waals surface area (Å²) < 4.78 is 23.3. The van der Waals surface area contributed by atoms with Gasteiger partial charge in [0.1, 0.15) is 11.6 Å². The van der Waals surface area contributed by atoms with Gasteiger partial charge in [0, 0.05) is 12.6 Å². The number of hydrogen-bond acceptors (Lipinski definition) is 4. The molecule has 0 saturated carbocycles. The summed E-state index contributed by atoms with van der Waals surface area (Å²) in [5.41, 5.74) is -0.239. The Balaban J connectivity index is 2.75. The minimum atomic E-state index is -0.978. The first-order valence-corrected chi connectivity index (χ1v) is 5.81. The number of methoxy groups -OCH3 is 1. The highest BCUT2D eigenvalue weighted by Crippen LogP contribution is 2.17. The Bertz CT molecular complexity index is 476. The van der Waals surface area contributed by atoms with Gasteiger partial charge in [0.15, 0.2) is 6.10 Å². The molecule has 0 aliphatic carbocycles. The van der Waals surface area contributed by atoms with E-state index in [2.05, 4.69) is 5.32 Å². The van der Waals surface area contributed by atoms with E-state index in [1.165, 1.54) is 26.2 Å². The van der Waals surface area contributed by atoms with E-state index < -0.39 is 23.8 Å². The summed E-state index contributed by atoms with van der Waals surface area (Å²) in [5.74, 6) is -1.78. The van der Waals surface area contributed by atoms with Crippen LogP contribution in [0.2, 0.25) is 0 Å². The van der Waals surface area contributed by atoms with Crippen molar-refractivity contribution in [2.75, 3.05) is 13.7 Å². The number of carbonyl (C=O) groups excluding carboxylic acids is 2. The van der Waals surface area contributed by atoms with E-state index in [1.807, 2.05) is 0 Å². The summed E-state index contributed by atoms with van der Waals surface area (Å²) in [7, 11) is 1.39. The first-order valence-electron chi connectivity index (χ1n) is 5.81. The molecule has 0 saturated heterocycles. The normalized spacial score (nSPS) is 11.6. The van der Waals surface area contributed by atoms with Gasteiger partial charge in [-0.2, -0.15) is 0 Å². The van der Waals surface area contributed by atoms with Crippen molar-refractivity contribution in [1.82, 2.24) is 5.32 Å². The van der Waals surface area contributed by atoms with Crippen LogP contribution in [0.5, 0.6) is 5.75 Å². The maximum absolute atomic E-state index is 13.6. The molecule has 0 aliphatic heterocycles. The van der Waals surface area contributed by atoms with Crippen LogP contribution in [0.1, 0.15) is 24.2 Å². The molecule has 0 heterocycles. The smallest absolute Gasteiger partial charge is 0.341 e. The SMILES string of the molecule is CCNC(=O)[C@@H](C)OC(=O)c1ccc(OC)cc1F. The molecular formula is C13H16FNO4. The van der Waals surface area contributed by atoms with Crippen molar-refractivity contribution in [2.24, 2.45) is 0 Å². The van der Waals surface area contributed by atoms with Crippen LogP contribution in [0, 0.1) is 5.82 Å². The largest absolute Gasteiger partial charge is 0.497 e. The van der Waals surface area contributed by atoms with Gasteiger partial charge in [-0.1, -0.05) is 0 Å². The Hall–Kier alpha value is -2.11. The number of likely N-dealkylation sites (N-methyl/N-ethyl adjacent to an activating group) is 1. The summed E-state index contributed by atoms with van der Waals surface area (Å²) in [6.45, 7) is 3.59. The van der Waals surface area contributed by atoms with Gasteiger partial charge < -0.3 is 14.8 Å². The number of nitrogens with one attached hydrogen (secondary N) is 1. The molecule has 0 radical (unpaired) electrons. The zero-order valence-electron chi connectivity index (χ0n) is 11.0. The number of esters is 1. The molecule has 0 spiro atoms. The summed E-state index contributed by atoms with van der Waals surface area (Å²) in [6.07, 6.45) is -0.978. The van der Waals surface area contributed by atoms with Crippen molar-refractivity contribution < 1.29 is 23.5 Å². The van der Waals surface area contributed by atoms with Crippen molar-refractivity contribution in [1.29, 1.82) is 0 Å². The van der Waals surface area contributed by atoms with Crippen molar-refractivity contribution in [2.45, 2.75) is 20.0 Å². The number of amides is 1. The lowest BCUT2D eigenvalue weighted by molar-refractivity contribution is -0.128. The standard InChI is InChI=1S/C13H16FNO4/c1-4-15-12(16)8(2)19-13(17)10-6-5-9(18-3)7-11(10)14/h5-8H,4H2,1-3H3,(H,15,16)/t8-/m1/s1. The highest BCUT2D eigenvalue weighted by molar-refractivity contribution is 5.92. The minimum absolute atomic E-state index is 0.239. The molecule has 1 atom stereocenters. The van der Waals surface area contributed by atoms with Crippen LogP contribution in [0.4, 0.5) is 4.39 Å². The zero-order valence-corrected chi connectivity index (χ0v) is 11.0. The van der Waals surface area contributed by atoms with E-state index in [-0.39, 0.29) is 5.56 Å². The van der Waals surface area contributed by atoms with Crippen LogP contribution in [-0.2, 0) is 9.53 Å². The molecule has 1 N–H and O–H groups in total. The van der Waals surface area contributed by atoms with E-state index in [9.17, 15) is 14.0 Å². The summed E-state index contributed by atoms with van der Waals surface area (Å²) in [6, 6.07) is 3.77. The van der Waals surface area contributed by atoms with E-state index in [0.29, 0.717) is 12.3 Å². The molecule has 1 rings (SSSR count). The fourth-order valence-corrected chi connectivity index (χ4v) is 1.38. The topological polar surface area (TPSA) is 64.6 Å². The van der Waals surface area contributed by atoms with Crippen molar-refractivity contribution in [3.8, 4) is 5.75 Å². The Morgan fingerprint density at radius 3 is 2.63 bits per heavy atom. The van der Waals surface area contributed by atoms with Crippen LogP contribution in [0.15, 0.2) is 18.2 Å². The lowest BCUT2D eigenvalue weighted by Crippen LogP contribution is -2.35. The van der Waals surface area contributed by atoms with Crippen molar-refractivity contribution >= 4 is 11.9 Å². The van der Waals surface area contributed by atoms with E-state index in [4.69, 9.17) is 9.47 Å². The number of halogens is 1. The van der Waals surface area contributed by atoms with Gasteiger partial charge in [0.05, 0.1) is 12.7 Å². The third-order valence-corrected chi connectivity index (χ3v) is 2.40. The molecule has 0 fully saturated rings. The number of benzene rings is 1. The Morgan fingerprint density at radius 2 is 2.11 bits per heavy atom. The van der Waals surface area contributed by atoms with Crippen molar-refractivity contribution in [3.63, 3.8) is 0 Å². The van der Waals surface area contributed by atoms with Gasteiger partial charge >= 0.3 is 5.97 Å². The summed E-state index contributed by atoms with van der Waals surface area (Å²) >= 11 is 0. The zero-order chi connectivity index (χ0) is 14.4. The maximum atomic E-state index is 13.6. The quantitative estimate of drug-likeness (QED) is 0.823. The molecule has 5 nitrogen and oxygen atoms in total. The van der Waals surface area contributed by atoms with Gasteiger partial charge in [-0.05, 0) is 26.0 Å². The predicted octanol–water partition coefficient (Wildman–Crippen LogP) is 1.52. The fourth-order valence-electron chi connectivity index (χ4n) is 1.38. The van der Waals surface area contributed by atoms with Crippen LogP contribution in [-0.4, -0.2) is 31.6 Å².